The second-order valence-corrected chi connectivity index (χ2v) is 9.66. The lowest BCUT2D eigenvalue weighted by Crippen LogP contribution is -2.03. The van der Waals surface area contributed by atoms with Gasteiger partial charge in [0.1, 0.15) is 11.5 Å². The van der Waals surface area contributed by atoms with E-state index in [4.69, 9.17) is 23.2 Å². The fraction of sp³-hybridized carbons (Fsp3) is 0.167. The molecule has 0 saturated heterocycles. The Bertz CT molecular complexity index is 1440. The molecular weight excluding hydrogens is 478 g/mol. The van der Waals surface area contributed by atoms with Crippen LogP contribution in [-0.2, 0) is 15.1 Å². The van der Waals surface area contributed by atoms with Crippen LogP contribution in [0.5, 0.6) is 0 Å². The lowest BCUT2D eigenvalue weighted by molar-refractivity contribution is 0.0551. The van der Waals surface area contributed by atoms with Crippen molar-refractivity contribution in [2.24, 2.45) is 4.36 Å². The van der Waals surface area contributed by atoms with E-state index in [9.17, 15) is 17.4 Å². The molecule has 7 nitrogen and oxygen atoms in total. The van der Waals surface area contributed by atoms with Crippen LogP contribution in [0.4, 0.5) is 19.0 Å². The Balaban J connectivity index is 1.80. The van der Waals surface area contributed by atoms with Crippen molar-refractivity contribution in [3.05, 3.63) is 59.0 Å². The van der Waals surface area contributed by atoms with Gasteiger partial charge in [-0.2, -0.15) is 18.1 Å². The Morgan fingerprint density at radius 3 is 2.61 bits per heavy atom. The average molecular weight is 490 g/mol. The van der Waals surface area contributed by atoms with Gasteiger partial charge in [0.2, 0.25) is 5.82 Å². The van der Waals surface area contributed by atoms with Gasteiger partial charge in [-0.15, -0.1) is 0 Å². The summed E-state index contributed by atoms with van der Waals surface area (Å²) in [6.07, 6.45) is 2.92. The molecular formula is C18H12Cl2F3N5O2S. The number of alkyl halides is 3. The predicted octanol–water partition coefficient (Wildman–Crippen LogP) is 5.56. The number of imidazole rings is 1. The summed E-state index contributed by atoms with van der Waals surface area (Å²) >= 11 is 10.9. The SMILES string of the molecule is Cc1nc2cc(-c3noc(C(F)(F)Cl)n3)ccn2c1N=S(C)(=O)c1ccc(F)cc1Cl. The Morgan fingerprint density at radius 1 is 1.23 bits per heavy atom. The number of halogens is 5. The first kappa shape index (κ1) is 21.6. The van der Waals surface area contributed by atoms with Crippen LogP contribution in [0.15, 0.2) is 50.3 Å². The van der Waals surface area contributed by atoms with Crippen molar-refractivity contribution in [1.82, 2.24) is 19.5 Å². The Labute approximate surface area is 184 Å². The molecule has 3 heterocycles. The normalized spacial score (nSPS) is 14.0. The number of fused-ring (bicyclic) bond motifs is 1. The van der Waals surface area contributed by atoms with Gasteiger partial charge in [0.15, 0.2) is 5.82 Å². The van der Waals surface area contributed by atoms with E-state index in [-0.39, 0.29) is 21.6 Å². The van der Waals surface area contributed by atoms with Crippen molar-refractivity contribution in [2.45, 2.75) is 17.2 Å². The van der Waals surface area contributed by atoms with E-state index in [0.717, 1.165) is 12.1 Å². The van der Waals surface area contributed by atoms with E-state index in [1.165, 1.54) is 24.5 Å². The maximum Gasteiger partial charge on any atom is 0.400 e. The molecule has 0 spiro atoms. The third-order valence-corrected chi connectivity index (χ3v) is 6.54. The first-order chi connectivity index (χ1) is 14.5. The number of rotatable bonds is 4. The van der Waals surface area contributed by atoms with Gasteiger partial charge in [0.05, 0.1) is 25.3 Å². The van der Waals surface area contributed by atoms with Gasteiger partial charge in [-0.05, 0) is 48.9 Å². The predicted molar refractivity (Wildman–Crippen MR) is 109 cm³/mol. The standard InChI is InChI=1S/C18H12Cl2F3N5O2S/c1-9-16(27-31(2,29)13-4-3-11(21)8-12(13)19)28-6-5-10(7-14(28)24-9)15-25-17(30-26-15)18(20,22)23/h3-8H,1-2H3. The lowest BCUT2D eigenvalue weighted by atomic mass is 10.2. The van der Waals surface area contributed by atoms with E-state index < -0.39 is 26.8 Å². The third kappa shape index (κ3) is 4.12. The second kappa shape index (κ2) is 7.50. The minimum atomic E-state index is -3.78. The molecule has 1 unspecified atom stereocenters. The van der Waals surface area contributed by atoms with Gasteiger partial charge in [0.25, 0.3) is 0 Å². The fourth-order valence-electron chi connectivity index (χ4n) is 2.85. The van der Waals surface area contributed by atoms with Crippen molar-refractivity contribution in [2.75, 3.05) is 6.26 Å². The maximum atomic E-state index is 13.3. The van der Waals surface area contributed by atoms with Crippen LogP contribution in [0.1, 0.15) is 11.6 Å². The third-order valence-electron chi connectivity index (χ3n) is 4.26. The summed E-state index contributed by atoms with van der Waals surface area (Å²) in [6.45, 7) is 1.66. The number of aromatic nitrogens is 4. The molecule has 0 aliphatic carbocycles. The van der Waals surface area contributed by atoms with Crippen LogP contribution in [0.2, 0.25) is 5.02 Å². The highest BCUT2D eigenvalue weighted by Crippen LogP contribution is 2.33. The smallest absolute Gasteiger partial charge is 0.331 e. The summed E-state index contributed by atoms with van der Waals surface area (Å²) in [5.41, 5.74) is 1.17. The average Bonchev–Trinajstić information content (AvgIpc) is 3.26. The number of hydrogen-bond donors (Lipinski definition) is 0. The van der Waals surface area contributed by atoms with Crippen LogP contribution in [0.3, 0.4) is 0 Å². The van der Waals surface area contributed by atoms with Gasteiger partial charge >= 0.3 is 11.3 Å². The van der Waals surface area contributed by atoms with Crippen LogP contribution >= 0.6 is 23.2 Å². The molecule has 0 amide bonds. The number of aryl methyl sites for hydroxylation is 1. The first-order valence-corrected chi connectivity index (χ1v) is 11.2. The quantitative estimate of drug-likeness (QED) is 0.350. The van der Waals surface area contributed by atoms with Gasteiger partial charge in [-0.1, -0.05) is 16.8 Å². The Morgan fingerprint density at radius 2 is 1.97 bits per heavy atom. The lowest BCUT2D eigenvalue weighted by Gasteiger charge is -2.07. The van der Waals surface area contributed by atoms with Gasteiger partial charge in [0, 0.05) is 18.0 Å². The highest BCUT2D eigenvalue weighted by molar-refractivity contribution is 7.93. The van der Waals surface area contributed by atoms with Crippen LogP contribution in [0, 0.1) is 12.7 Å². The molecule has 162 valence electrons. The molecule has 0 aliphatic rings. The Kier molecular flexibility index (Phi) is 5.23. The zero-order chi connectivity index (χ0) is 22.6. The van der Waals surface area contributed by atoms with E-state index in [1.807, 2.05) is 0 Å². The van der Waals surface area contributed by atoms with E-state index in [1.54, 1.807) is 17.5 Å². The molecule has 1 atom stereocenters. The maximum absolute atomic E-state index is 13.3. The van der Waals surface area contributed by atoms with Gasteiger partial charge < -0.3 is 4.52 Å². The molecule has 1 aromatic carbocycles. The summed E-state index contributed by atoms with van der Waals surface area (Å²) in [5.74, 6) is -1.40. The molecule has 0 N–H and O–H groups in total. The zero-order valence-corrected chi connectivity index (χ0v) is 18.1. The summed E-state index contributed by atoms with van der Waals surface area (Å²) < 4.78 is 63.2. The summed E-state index contributed by atoms with van der Waals surface area (Å²) in [7, 11) is -3.04. The second-order valence-electron chi connectivity index (χ2n) is 6.55. The van der Waals surface area contributed by atoms with E-state index >= 15 is 0 Å². The Hall–Kier alpha value is -2.63. The molecule has 0 fully saturated rings. The molecule has 13 heteroatoms. The molecule has 3 aromatic heterocycles. The minimum Gasteiger partial charge on any atom is -0.331 e. The summed E-state index contributed by atoms with van der Waals surface area (Å²) in [6, 6.07) is 6.58. The molecule has 0 saturated carbocycles. The summed E-state index contributed by atoms with van der Waals surface area (Å²) in [5, 5.41) is -0.286. The molecule has 31 heavy (non-hydrogen) atoms. The molecule has 0 radical (unpaired) electrons. The minimum absolute atomic E-state index is 0.00554. The first-order valence-electron chi connectivity index (χ1n) is 8.53. The van der Waals surface area contributed by atoms with Crippen molar-refractivity contribution < 1.29 is 21.9 Å². The van der Waals surface area contributed by atoms with Gasteiger partial charge in [-0.25, -0.2) is 13.6 Å². The van der Waals surface area contributed by atoms with Crippen LogP contribution in [-0.4, -0.2) is 30.0 Å². The van der Waals surface area contributed by atoms with Crippen molar-refractivity contribution >= 4 is 44.4 Å². The van der Waals surface area contributed by atoms with Crippen molar-refractivity contribution in [1.29, 1.82) is 0 Å². The number of benzene rings is 1. The van der Waals surface area contributed by atoms with Gasteiger partial charge in [-0.3, -0.25) is 4.40 Å². The van der Waals surface area contributed by atoms with Crippen LogP contribution < -0.4 is 0 Å². The molecule has 0 bridgehead atoms. The number of hydrogen-bond acceptors (Lipinski definition) is 6. The number of nitrogens with zero attached hydrogens (tertiary/aromatic N) is 5. The molecule has 0 aliphatic heterocycles. The topological polar surface area (TPSA) is 85.7 Å². The highest BCUT2D eigenvalue weighted by atomic mass is 35.5. The van der Waals surface area contributed by atoms with Crippen LogP contribution in [0.25, 0.3) is 17.0 Å². The molecule has 4 aromatic rings. The van der Waals surface area contributed by atoms with E-state index in [0.29, 0.717) is 16.9 Å². The van der Waals surface area contributed by atoms with Crippen molar-refractivity contribution in [3.63, 3.8) is 0 Å². The zero-order valence-electron chi connectivity index (χ0n) is 15.8. The monoisotopic (exact) mass is 489 g/mol. The largest absolute Gasteiger partial charge is 0.400 e. The number of pyridine rings is 1. The summed E-state index contributed by atoms with van der Waals surface area (Å²) in [4.78, 5) is 8.14. The molecule has 4 rings (SSSR count). The van der Waals surface area contributed by atoms with Crippen molar-refractivity contribution in [3.8, 4) is 11.4 Å². The van der Waals surface area contributed by atoms with E-state index in [2.05, 4.69) is 24.0 Å². The highest BCUT2D eigenvalue weighted by Gasteiger charge is 2.35. The fourth-order valence-corrected chi connectivity index (χ4v) is 4.91.